The third-order valence-corrected chi connectivity index (χ3v) is 3.44. The Morgan fingerprint density at radius 2 is 2.21 bits per heavy atom. The predicted molar refractivity (Wildman–Crippen MR) is 60.8 cm³/mol. The molecule has 0 radical (unpaired) electrons. The van der Waals surface area contributed by atoms with Gasteiger partial charge in [-0.2, -0.15) is 0 Å². The summed E-state index contributed by atoms with van der Waals surface area (Å²) in [5.41, 5.74) is 3.80. The van der Waals surface area contributed by atoms with Gasteiger partial charge in [0.2, 0.25) is 0 Å². The van der Waals surface area contributed by atoms with Crippen molar-refractivity contribution in [3.63, 3.8) is 0 Å². The van der Waals surface area contributed by atoms with Crippen LogP contribution in [0, 0.1) is 11.8 Å². The molecular weight excluding hydrogens is 194 g/mol. The zero-order valence-electron chi connectivity index (χ0n) is 8.89. The van der Waals surface area contributed by atoms with Crippen LogP contribution >= 0.6 is 11.6 Å². The molecule has 14 heavy (non-hydrogen) atoms. The molecule has 1 N–H and O–H groups in total. The molecule has 0 aromatic carbocycles. The second-order valence-corrected chi connectivity index (χ2v) is 4.56. The van der Waals surface area contributed by atoms with Crippen LogP contribution in [0.1, 0.15) is 27.2 Å². The van der Waals surface area contributed by atoms with Crippen LogP contribution in [-0.4, -0.2) is 0 Å². The van der Waals surface area contributed by atoms with Gasteiger partial charge in [0.05, 0.1) is 0 Å². The molecule has 1 heterocycles. The maximum Gasteiger partial charge on any atom is 0.0468 e. The molecule has 1 aliphatic carbocycles. The summed E-state index contributed by atoms with van der Waals surface area (Å²) in [6, 6.07) is 0. The second kappa shape index (κ2) is 3.47. The lowest BCUT2D eigenvalue weighted by atomic mass is 9.86. The average molecular weight is 210 g/mol. The average Bonchev–Trinajstić information content (AvgIpc) is 2.42. The summed E-state index contributed by atoms with van der Waals surface area (Å²) in [5, 5.41) is 4.43. The Morgan fingerprint density at radius 1 is 1.50 bits per heavy atom. The van der Waals surface area contributed by atoms with E-state index in [1.54, 1.807) is 0 Å². The molecular formula is C12H16ClN. The lowest BCUT2D eigenvalue weighted by Crippen LogP contribution is -2.18. The lowest BCUT2D eigenvalue weighted by Gasteiger charge is -2.22. The minimum atomic E-state index is 0.385. The third kappa shape index (κ3) is 1.40. The monoisotopic (exact) mass is 209 g/mol. The number of allylic oxidation sites excluding steroid dienone is 5. The SMILES string of the molecule is CCC1=C(Cl)C2C(=CC(C)=CC2C)N1. The van der Waals surface area contributed by atoms with Crippen molar-refractivity contribution in [1.82, 2.24) is 5.32 Å². The number of nitrogens with one attached hydrogen (secondary N) is 1. The van der Waals surface area contributed by atoms with Crippen molar-refractivity contribution in [1.29, 1.82) is 0 Å². The summed E-state index contributed by atoms with van der Waals surface area (Å²) in [4.78, 5) is 0. The first-order chi connectivity index (χ1) is 6.63. The van der Waals surface area contributed by atoms with Crippen LogP contribution in [0.2, 0.25) is 0 Å². The number of hydrogen-bond donors (Lipinski definition) is 1. The maximum atomic E-state index is 6.34. The van der Waals surface area contributed by atoms with Gasteiger partial charge < -0.3 is 5.32 Å². The molecule has 2 heteroatoms. The number of halogens is 1. The van der Waals surface area contributed by atoms with Crippen LogP contribution in [0.5, 0.6) is 0 Å². The summed E-state index contributed by atoms with van der Waals surface area (Å²) in [5.74, 6) is 0.898. The molecule has 0 spiro atoms. The van der Waals surface area contributed by atoms with Gasteiger partial charge in [0.25, 0.3) is 0 Å². The molecule has 2 aliphatic rings. The molecule has 0 amide bonds. The minimum absolute atomic E-state index is 0.385. The van der Waals surface area contributed by atoms with Crippen molar-refractivity contribution in [3.8, 4) is 0 Å². The van der Waals surface area contributed by atoms with Crippen LogP contribution in [-0.2, 0) is 0 Å². The molecule has 2 atom stereocenters. The van der Waals surface area contributed by atoms with E-state index >= 15 is 0 Å². The number of fused-ring (bicyclic) bond motifs is 1. The van der Waals surface area contributed by atoms with E-state index < -0.39 is 0 Å². The van der Waals surface area contributed by atoms with E-state index in [1.165, 1.54) is 17.0 Å². The highest BCUT2D eigenvalue weighted by atomic mass is 35.5. The molecule has 2 unspecified atom stereocenters. The van der Waals surface area contributed by atoms with Crippen molar-refractivity contribution in [2.75, 3.05) is 0 Å². The first-order valence-corrected chi connectivity index (χ1v) is 5.56. The van der Waals surface area contributed by atoms with Crippen LogP contribution in [0.3, 0.4) is 0 Å². The van der Waals surface area contributed by atoms with Crippen LogP contribution in [0.4, 0.5) is 0 Å². The molecule has 0 bridgehead atoms. The molecule has 1 aliphatic heterocycles. The Morgan fingerprint density at radius 3 is 2.86 bits per heavy atom. The Kier molecular flexibility index (Phi) is 2.44. The zero-order valence-corrected chi connectivity index (χ0v) is 9.65. The van der Waals surface area contributed by atoms with Gasteiger partial charge in [0.1, 0.15) is 0 Å². The summed E-state index contributed by atoms with van der Waals surface area (Å²) >= 11 is 6.34. The van der Waals surface area contributed by atoms with Gasteiger partial charge >= 0.3 is 0 Å². The summed E-state index contributed by atoms with van der Waals surface area (Å²) in [6.07, 6.45) is 5.48. The van der Waals surface area contributed by atoms with Crippen molar-refractivity contribution in [3.05, 3.63) is 34.2 Å². The standard InChI is InChI=1S/C12H16ClN/c1-4-9-12(13)11-8(3)5-7(2)6-10(11)14-9/h5-6,8,11,14H,4H2,1-3H3. The maximum absolute atomic E-state index is 6.34. The number of rotatable bonds is 1. The van der Waals surface area contributed by atoms with Crippen molar-refractivity contribution >= 4 is 11.6 Å². The number of hydrogen-bond acceptors (Lipinski definition) is 1. The molecule has 2 rings (SSSR count). The van der Waals surface area contributed by atoms with Crippen LogP contribution in [0.25, 0.3) is 0 Å². The van der Waals surface area contributed by atoms with E-state index in [4.69, 9.17) is 11.6 Å². The lowest BCUT2D eigenvalue weighted by molar-refractivity contribution is 0.562. The van der Waals surface area contributed by atoms with Gasteiger partial charge in [-0.15, -0.1) is 0 Å². The molecule has 0 saturated carbocycles. The third-order valence-electron chi connectivity index (χ3n) is 2.98. The van der Waals surface area contributed by atoms with Crippen molar-refractivity contribution < 1.29 is 0 Å². The highest BCUT2D eigenvalue weighted by Crippen LogP contribution is 2.41. The molecule has 1 nitrogen and oxygen atoms in total. The van der Waals surface area contributed by atoms with Crippen LogP contribution < -0.4 is 5.32 Å². The summed E-state index contributed by atoms with van der Waals surface area (Å²) < 4.78 is 0. The smallest absolute Gasteiger partial charge is 0.0468 e. The van der Waals surface area contributed by atoms with Crippen molar-refractivity contribution in [2.24, 2.45) is 11.8 Å². The highest BCUT2D eigenvalue weighted by molar-refractivity contribution is 6.30. The predicted octanol–water partition coefficient (Wildman–Crippen LogP) is 3.55. The Bertz CT molecular complexity index is 349. The van der Waals surface area contributed by atoms with Gasteiger partial charge in [-0.3, -0.25) is 0 Å². The van der Waals surface area contributed by atoms with Gasteiger partial charge in [0, 0.05) is 22.3 Å². The molecule has 76 valence electrons. The normalized spacial score (nSPS) is 30.9. The van der Waals surface area contributed by atoms with E-state index in [9.17, 15) is 0 Å². The fraction of sp³-hybridized carbons (Fsp3) is 0.500. The van der Waals surface area contributed by atoms with Crippen LogP contribution in [0.15, 0.2) is 34.2 Å². The highest BCUT2D eigenvalue weighted by Gasteiger charge is 2.33. The minimum Gasteiger partial charge on any atom is -0.361 e. The largest absolute Gasteiger partial charge is 0.361 e. The summed E-state index contributed by atoms with van der Waals surface area (Å²) in [6.45, 7) is 6.50. The van der Waals surface area contributed by atoms with E-state index in [2.05, 4.69) is 38.2 Å². The first-order valence-electron chi connectivity index (χ1n) is 5.19. The summed E-state index contributed by atoms with van der Waals surface area (Å²) in [7, 11) is 0. The topological polar surface area (TPSA) is 12.0 Å². The molecule has 0 aromatic heterocycles. The zero-order chi connectivity index (χ0) is 10.3. The fourth-order valence-corrected chi connectivity index (χ4v) is 2.83. The molecule has 0 fully saturated rings. The molecule has 0 aromatic rings. The second-order valence-electron chi connectivity index (χ2n) is 4.15. The van der Waals surface area contributed by atoms with Crippen molar-refractivity contribution in [2.45, 2.75) is 27.2 Å². The Hall–Kier alpha value is -0.690. The Balaban J connectivity index is 2.36. The fourth-order valence-electron chi connectivity index (χ4n) is 2.34. The van der Waals surface area contributed by atoms with Gasteiger partial charge in [0.15, 0.2) is 0 Å². The van der Waals surface area contributed by atoms with E-state index in [0.29, 0.717) is 11.8 Å². The van der Waals surface area contributed by atoms with Gasteiger partial charge in [-0.25, -0.2) is 0 Å². The molecule has 0 saturated heterocycles. The van der Waals surface area contributed by atoms with E-state index in [1.807, 2.05) is 0 Å². The Labute approximate surface area is 90.5 Å². The quantitative estimate of drug-likeness (QED) is 0.697. The van der Waals surface area contributed by atoms with Gasteiger partial charge in [-0.05, 0) is 25.3 Å². The van der Waals surface area contributed by atoms with E-state index in [0.717, 1.165) is 11.5 Å². The first kappa shape index (κ1) is 9.85. The van der Waals surface area contributed by atoms with Gasteiger partial charge in [-0.1, -0.05) is 37.1 Å². The van der Waals surface area contributed by atoms with E-state index in [-0.39, 0.29) is 0 Å².